The summed E-state index contributed by atoms with van der Waals surface area (Å²) in [6.45, 7) is 0.476. The Morgan fingerprint density at radius 2 is 1.65 bits per heavy atom. The molecule has 0 saturated carbocycles. The van der Waals surface area contributed by atoms with Gasteiger partial charge in [0.15, 0.2) is 17.7 Å². The molecule has 0 aliphatic carbocycles. The number of nitrogens with zero attached hydrogens (tertiary/aromatic N) is 4. The SMILES string of the molecule is Nc1nc(Cl)nc2c1ncn2[C@@H]1O[C@H](COCC(c2ccccc2)c2ccccc2)[C@@H](O)[C@H]1O. The molecule has 10 heteroatoms. The van der Waals surface area contributed by atoms with Crippen LogP contribution in [0.4, 0.5) is 5.82 Å². The lowest BCUT2D eigenvalue weighted by Crippen LogP contribution is -2.34. The van der Waals surface area contributed by atoms with Crippen LogP contribution in [-0.2, 0) is 9.47 Å². The number of benzene rings is 2. The predicted molar refractivity (Wildman–Crippen MR) is 126 cm³/mol. The van der Waals surface area contributed by atoms with Crippen molar-refractivity contribution in [3.8, 4) is 0 Å². The molecule has 5 rings (SSSR count). The second-order valence-electron chi connectivity index (χ2n) is 8.16. The molecule has 4 N–H and O–H groups in total. The number of aliphatic hydroxyl groups is 2. The van der Waals surface area contributed by atoms with Gasteiger partial charge in [0.05, 0.1) is 19.5 Å². The fraction of sp³-hybridized carbons (Fsp3) is 0.292. The number of hydrogen-bond donors (Lipinski definition) is 3. The number of anilines is 1. The first-order valence-corrected chi connectivity index (χ1v) is 11.3. The summed E-state index contributed by atoms with van der Waals surface area (Å²) in [5.41, 5.74) is 8.76. The van der Waals surface area contributed by atoms with Gasteiger partial charge in [-0.05, 0) is 22.7 Å². The van der Waals surface area contributed by atoms with E-state index in [2.05, 4.69) is 39.2 Å². The molecule has 4 atom stereocenters. The van der Waals surface area contributed by atoms with Gasteiger partial charge >= 0.3 is 0 Å². The largest absolute Gasteiger partial charge is 0.387 e. The highest BCUT2D eigenvalue weighted by Crippen LogP contribution is 2.33. The number of nitrogen functional groups attached to an aromatic ring is 1. The number of ether oxygens (including phenoxy) is 2. The molecule has 1 saturated heterocycles. The van der Waals surface area contributed by atoms with E-state index in [0.717, 1.165) is 11.1 Å². The molecule has 2 aromatic carbocycles. The van der Waals surface area contributed by atoms with Crippen LogP contribution in [0.2, 0.25) is 5.28 Å². The van der Waals surface area contributed by atoms with E-state index in [1.54, 1.807) is 0 Å². The van der Waals surface area contributed by atoms with Crippen LogP contribution in [0.25, 0.3) is 11.2 Å². The van der Waals surface area contributed by atoms with Crippen LogP contribution < -0.4 is 5.73 Å². The third kappa shape index (κ3) is 4.36. The summed E-state index contributed by atoms with van der Waals surface area (Å²) in [4.78, 5) is 12.2. The van der Waals surface area contributed by atoms with Crippen LogP contribution in [0.3, 0.4) is 0 Å². The smallest absolute Gasteiger partial charge is 0.226 e. The van der Waals surface area contributed by atoms with Crippen molar-refractivity contribution in [3.05, 3.63) is 83.4 Å². The Hall–Kier alpha value is -3.08. The number of hydrogen-bond acceptors (Lipinski definition) is 8. The first-order valence-electron chi connectivity index (χ1n) is 10.9. The zero-order chi connectivity index (χ0) is 23.7. The van der Waals surface area contributed by atoms with Crippen molar-refractivity contribution in [2.45, 2.75) is 30.5 Å². The first-order chi connectivity index (χ1) is 16.5. The van der Waals surface area contributed by atoms with Crippen molar-refractivity contribution in [1.82, 2.24) is 19.5 Å². The van der Waals surface area contributed by atoms with Gasteiger partial charge in [-0.1, -0.05) is 60.7 Å². The zero-order valence-corrected chi connectivity index (χ0v) is 18.9. The summed E-state index contributed by atoms with van der Waals surface area (Å²) < 4.78 is 13.5. The van der Waals surface area contributed by atoms with Crippen molar-refractivity contribution in [3.63, 3.8) is 0 Å². The first kappa shape index (κ1) is 22.7. The van der Waals surface area contributed by atoms with E-state index >= 15 is 0 Å². The quantitative estimate of drug-likeness (QED) is 0.343. The Bertz CT molecular complexity index is 1220. The molecular formula is C24H24ClN5O4. The van der Waals surface area contributed by atoms with E-state index in [-0.39, 0.29) is 23.6 Å². The molecule has 0 radical (unpaired) electrons. The van der Waals surface area contributed by atoms with E-state index in [9.17, 15) is 10.2 Å². The minimum atomic E-state index is -1.22. The number of aromatic nitrogens is 4. The molecular weight excluding hydrogens is 458 g/mol. The fourth-order valence-electron chi connectivity index (χ4n) is 4.25. The van der Waals surface area contributed by atoms with Gasteiger partial charge in [0.1, 0.15) is 23.8 Å². The van der Waals surface area contributed by atoms with Crippen LogP contribution in [0, 0.1) is 0 Å². The third-order valence-corrected chi connectivity index (χ3v) is 6.17. The van der Waals surface area contributed by atoms with E-state index in [4.69, 9.17) is 26.8 Å². The van der Waals surface area contributed by atoms with Gasteiger partial charge in [0.25, 0.3) is 0 Å². The molecule has 176 valence electrons. The van der Waals surface area contributed by atoms with Gasteiger partial charge in [-0.15, -0.1) is 0 Å². The van der Waals surface area contributed by atoms with Crippen molar-refractivity contribution in [1.29, 1.82) is 0 Å². The highest BCUT2D eigenvalue weighted by atomic mass is 35.5. The van der Waals surface area contributed by atoms with E-state index in [0.29, 0.717) is 17.8 Å². The average molecular weight is 482 g/mol. The molecule has 4 aromatic rings. The van der Waals surface area contributed by atoms with Gasteiger partial charge in [0.2, 0.25) is 5.28 Å². The lowest BCUT2D eigenvalue weighted by molar-refractivity contribution is -0.0661. The highest BCUT2D eigenvalue weighted by molar-refractivity contribution is 6.28. The molecule has 34 heavy (non-hydrogen) atoms. The van der Waals surface area contributed by atoms with E-state index in [1.807, 2.05) is 36.4 Å². The topological polar surface area (TPSA) is 129 Å². The zero-order valence-electron chi connectivity index (χ0n) is 18.1. The Kier molecular flexibility index (Phi) is 6.44. The van der Waals surface area contributed by atoms with Gasteiger partial charge in [-0.25, -0.2) is 4.98 Å². The molecule has 0 spiro atoms. The van der Waals surface area contributed by atoms with Gasteiger partial charge in [0, 0.05) is 5.92 Å². The Balaban J connectivity index is 1.30. The number of nitrogens with two attached hydrogens (primary N) is 1. The van der Waals surface area contributed by atoms with E-state index in [1.165, 1.54) is 10.9 Å². The van der Waals surface area contributed by atoms with E-state index < -0.39 is 24.5 Å². The highest BCUT2D eigenvalue weighted by Gasteiger charge is 2.44. The summed E-state index contributed by atoms with van der Waals surface area (Å²) in [5, 5.41) is 21.3. The third-order valence-electron chi connectivity index (χ3n) is 6.00. The van der Waals surface area contributed by atoms with Crippen LogP contribution >= 0.6 is 11.6 Å². The maximum atomic E-state index is 10.7. The van der Waals surface area contributed by atoms with Crippen molar-refractivity contribution in [2.75, 3.05) is 18.9 Å². The summed E-state index contributed by atoms with van der Waals surface area (Å²) >= 11 is 5.94. The summed E-state index contributed by atoms with van der Waals surface area (Å²) in [7, 11) is 0. The number of rotatable bonds is 7. The molecule has 1 aliphatic rings. The molecule has 0 bridgehead atoms. The Morgan fingerprint density at radius 1 is 1.00 bits per heavy atom. The summed E-state index contributed by atoms with van der Waals surface area (Å²) in [6, 6.07) is 20.2. The molecule has 9 nitrogen and oxygen atoms in total. The van der Waals surface area contributed by atoms with Gasteiger partial charge in [-0.2, -0.15) is 9.97 Å². The molecule has 1 fully saturated rings. The lowest BCUT2D eigenvalue weighted by Gasteiger charge is -2.20. The minimum absolute atomic E-state index is 0.0149. The lowest BCUT2D eigenvalue weighted by atomic mass is 9.92. The Morgan fingerprint density at radius 3 is 2.29 bits per heavy atom. The molecule has 2 aromatic heterocycles. The molecule has 1 aliphatic heterocycles. The van der Waals surface area contributed by atoms with Crippen LogP contribution in [0.15, 0.2) is 67.0 Å². The normalized spacial score (nSPS) is 22.6. The van der Waals surface area contributed by atoms with Gasteiger partial charge < -0.3 is 25.4 Å². The second-order valence-corrected chi connectivity index (χ2v) is 8.50. The second kappa shape index (κ2) is 9.65. The van der Waals surface area contributed by atoms with Crippen molar-refractivity contribution in [2.24, 2.45) is 0 Å². The number of aliphatic hydroxyl groups excluding tert-OH is 2. The molecule has 0 amide bonds. The van der Waals surface area contributed by atoms with Crippen LogP contribution in [0.5, 0.6) is 0 Å². The minimum Gasteiger partial charge on any atom is -0.387 e. The average Bonchev–Trinajstić information content (AvgIpc) is 3.39. The monoisotopic (exact) mass is 481 g/mol. The molecule has 3 heterocycles. The maximum Gasteiger partial charge on any atom is 0.226 e. The van der Waals surface area contributed by atoms with Crippen LogP contribution in [-0.4, -0.2) is 61.3 Å². The molecule has 0 unspecified atom stereocenters. The summed E-state index contributed by atoms with van der Waals surface area (Å²) in [5.74, 6) is 0.135. The maximum absolute atomic E-state index is 10.7. The van der Waals surface area contributed by atoms with Gasteiger partial charge in [-0.3, -0.25) is 4.57 Å². The number of imidazole rings is 1. The van der Waals surface area contributed by atoms with Crippen molar-refractivity contribution < 1.29 is 19.7 Å². The Labute approximate surface area is 200 Å². The summed E-state index contributed by atoms with van der Waals surface area (Å²) in [6.07, 6.45) is -2.64. The number of fused-ring (bicyclic) bond motifs is 1. The van der Waals surface area contributed by atoms with Crippen LogP contribution in [0.1, 0.15) is 23.3 Å². The fourth-order valence-corrected chi connectivity index (χ4v) is 4.42. The standard InChI is InChI=1S/C24H24ClN5O4/c25-24-28-21(26)18-22(29-24)30(13-27-18)23-20(32)19(31)17(34-23)12-33-11-16(14-7-3-1-4-8-14)15-9-5-2-6-10-15/h1-10,13,16-17,19-20,23,31-32H,11-12H2,(H2,26,28,29)/t17-,19-,20-,23-/m1/s1. The van der Waals surface area contributed by atoms with Crippen molar-refractivity contribution >= 4 is 28.6 Å². The number of halogens is 1. The predicted octanol–water partition coefficient (Wildman–Crippen LogP) is 2.53.